The van der Waals surface area contributed by atoms with Gasteiger partial charge in [0.05, 0.1) is 17.6 Å². The third kappa shape index (κ3) is 4.71. The van der Waals surface area contributed by atoms with E-state index in [2.05, 4.69) is 31.2 Å². The first-order valence-electron chi connectivity index (χ1n) is 7.89. The largest absolute Gasteiger partial charge is 0.348 e. The fraction of sp³-hybridized carbons (Fsp3) is 0.353. The Labute approximate surface area is 142 Å². The van der Waals surface area contributed by atoms with Crippen molar-refractivity contribution in [3.8, 4) is 0 Å². The van der Waals surface area contributed by atoms with Gasteiger partial charge < -0.3 is 10.2 Å². The Balaban J connectivity index is 1.53. The van der Waals surface area contributed by atoms with Crippen LogP contribution in [0, 0.1) is 0 Å². The molecule has 120 valence electrons. The zero-order chi connectivity index (χ0) is 15.9. The summed E-state index contributed by atoms with van der Waals surface area (Å²) in [7, 11) is 0. The molecule has 1 aliphatic heterocycles. The Morgan fingerprint density at radius 3 is 2.83 bits per heavy atom. The van der Waals surface area contributed by atoms with Crippen LogP contribution in [-0.2, 0) is 6.54 Å². The first-order chi connectivity index (χ1) is 11.3. The van der Waals surface area contributed by atoms with Crippen LogP contribution in [0.2, 0.25) is 0 Å². The average Bonchev–Trinajstić information content (AvgIpc) is 2.82. The highest BCUT2D eigenvalue weighted by Gasteiger charge is 2.17. The maximum Gasteiger partial charge on any atom is 0.173 e. The van der Waals surface area contributed by atoms with Gasteiger partial charge in [0.25, 0.3) is 0 Å². The maximum absolute atomic E-state index is 5.54. The lowest BCUT2D eigenvalue weighted by molar-refractivity contribution is 0.275. The number of nitrogens with one attached hydrogen (secondary N) is 1. The van der Waals surface area contributed by atoms with E-state index in [1.807, 2.05) is 30.5 Å². The van der Waals surface area contributed by atoms with E-state index < -0.39 is 0 Å². The Morgan fingerprint density at radius 1 is 1.09 bits per heavy atom. The van der Waals surface area contributed by atoms with Crippen LogP contribution in [0.15, 0.2) is 48.9 Å². The summed E-state index contributed by atoms with van der Waals surface area (Å²) >= 11 is 5.54. The molecule has 5 nitrogen and oxygen atoms in total. The summed E-state index contributed by atoms with van der Waals surface area (Å²) in [5, 5.41) is 4.04. The minimum atomic E-state index is 0.776. The molecule has 2 aromatic heterocycles. The van der Waals surface area contributed by atoms with Crippen molar-refractivity contribution in [1.29, 1.82) is 0 Å². The first-order valence-corrected chi connectivity index (χ1v) is 8.30. The van der Waals surface area contributed by atoms with E-state index in [0.717, 1.165) is 55.6 Å². The molecule has 0 aliphatic carbocycles. The number of hydrogen-bond acceptors (Lipinski definition) is 4. The molecule has 0 saturated carbocycles. The van der Waals surface area contributed by atoms with Gasteiger partial charge in [-0.15, -0.1) is 0 Å². The molecular weight excluding hydrogens is 306 g/mol. The monoisotopic (exact) mass is 327 g/mol. The van der Waals surface area contributed by atoms with Gasteiger partial charge in [-0.05, 0) is 42.9 Å². The number of rotatable bonds is 3. The molecule has 0 atom stereocenters. The number of nitrogens with zero attached hydrogens (tertiary/aromatic N) is 4. The molecule has 0 unspecified atom stereocenters. The molecule has 0 radical (unpaired) electrons. The van der Waals surface area contributed by atoms with Crippen molar-refractivity contribution in [1.82, 2.24) is 19.8 Å². The third-order valence-corrected chi connectivity index (χ3v) is 4.26. The molecule has 2 aromatic rings. The number of hydrogen-bond donors (Lipinski definition) is 1. The van der Waals surface area contributed by atoms with Crippen molar-refractivity contribution in [2.45, 2.75) is 13.0 Å². The van der Waals surface area contributed by atoms with Crippen molar-refractivity contribution < 1.29 is 0 Å². The highest BCUT2D eigenvalue weighted by Crippen LogP contribution is 2.10. The van der Waals surface area contributed by atoms with Crippen LogP contribution in [0.1, 0.15) is 12.1 Å². The van der Waals surface area contributed by atoms with Crippen LogP contribution in [0.4, 0.5) is 5.69 Å². The number of thiocarbonyl (C=S) groups is 1. The molecule has 0 bridgehead atoms. The summed E-state index contributed by atoms with van der Waals surface area (Å²) in [5.74, 6) is 0. The van der Waals surface area contributed by atoms with Crippen LogP contribution in [0.25, 0.3) is 0 Å². The fourth-order valence-corrected chi connectivity index (χ4v) is 2.99. The molecule has 1 saturated heterocycles. The zero-order valence-corrected chi connectivity index (χ0v) is 13.9. The van der Waals surface area contributed by atoms with E-state index in [4.69, 9.17) is 12.2 Å². The molecule has 0 aromatic carbocycles. The molecule has 3 heterocycles. The van der Waals surface area contributed by atoms with Crippen LogP contribution in [-0.4, -0.2) is 51.1 Å². The summed E-state index contributed by atoms with van der Waals surface area (Å²) in [4.78, 5) is 13.2. The van der Waals surface area contributed by atoms with Gasteiger partial charge in [-0.25, -0.2) is 0 Å². The summed E-state index contributed by atoms with van der Waals surface area (Å²) in [6, 6.07) is 9.96. The molecule has 0 spiro atoms. The predicted octanol–water partition coefficient (Wildman–Crippen LogP) is 2.38. The molecule has 23 heavy (non-hydrogen) atoms. The third-order valence-electron chi connectivity index (χ3n) is 3.90. The summed E-state index contributed by atoms with van der Waals surface area (Å²) in [5.41, 5.74) is 2.06. The second-order valence-corrected chi connectivity index (χ2v) is 6.00. The highest BCUT2D eigenvalue weighted by molar-refractivity contribution is 7.80. The van der Waals surface area contributed by atoms with Crippen molar-refractivity contribution in [2.24, 2.45) is 0 Å². The molecule has 1 aliphatic rings. The summed E-state index contributed by atoms with van der Waals surface area (Å²) in [6.07, 6.45) is 6.50. The lowest BCUT2D eigenvalue weighted by atomic mass is 10.3. The number of anilines is 1. The summed E-state index contributed by atoms with van der Waals surface area (Å²) in [6.45, 7) is 4.87. The lowest BCUT2D eigenvalue weighted by Gasteiger charge is -2.24. The molecule has 1 fully saturated rings. The van der Waals surface area contributed by atoms with E-state index in [1.54, 1.807) is 12.4 Å². The molecule has 3 rings (SSSR count). The molecule has 6 heteroatoms. The maximum atomic E-state index is 5.54. The van der Waals surface area contributed by atoms with Gasteiger partial charge in [0.1, 0.15) is 0 Å². The Morgan fingerprint density at radius 2 is 2.04 bits per heavy atom. The second kappa shape index (κ2) is 7.99. The van der Waals surface area contributed by atoms with Crippen molar-refractivity contribution in [3.63, 3.8) is 0 Å². The van der Waals surface area contributed by atoms with Crippen molar-refractivity contribution in [2.75, 3.05) is 31.5 Å². The normalized spacial score (nSPS) is 15.9. The van der Waals surface area contributed by atoms with Crippen LogP contribution < -0.4 is 5.32 Å². The minimum Gasteiger partial charge on any atom is -0.348 e. The van der Waals surface area contributed by atoms with E-state index in [9.17, 15) is 0 Å². The van der Waals surface area contributed by atoms with E-state index in [0.29, 0.717) is 0 Å². The first kappa shape index (κ1) is 15.8. The van der Waals surface area contributed by atoms with Crippen LogP contribution in [0.5, 0.6) is 0 Å². The second-order valence-electron chi connectivity index (χ2n) is 5.61. The number of aromatic nitrogens is 2. The lowest BCUT2D eigenvalue weighted by Crippen LogP contribution is -2.37. The SMILES string of the molecule is S=C(Nc1cccnc1)N1CCCN(Cc2ccccn2)CC1. The van der Waals surface area contributed by atoms with Gasteiger partial charge in [-0.1, -0.05) is 6.07 Å². The van der Waals surface area contributed by atoms with Crippen molar-refractivity contribution >= 4 is 23.0 Å². The van der Waals surface area contributed by atoms with Gasteiger partial charge in [-0.2, -0.15) is 0 Å². The molecule has 1 N–H and O–H groups in total. The Bertz CT molecular complexity index is 619. The van der Waals surface area contributed by atoms with Gasteiger partial charge in [0.2, 0.25) is 0 Å². The highest BCUT2D eigenvalue weighted by atomic mass is 32.1. The Hall–Kier alpha value is -2.05. The van der Waals surface area contributed by atoms with Crippen molar-refractivity contribution in [3.05, 3.63) is 54.6 Å². The van der Waals surface area contributed by atoms with Gasteiger partial charge in [-0.3, -0.25) is 14.9 Å². The minimum absolute atomic E-state index is 0.776. The average molecular weight is 327 g/mol. The van der Waals surface area contributed by atoms with Gasteiger partial charge in [0, 0.05) is 45.1 Å². The van der Waals surface area contributed by atoms with E-state index >= 15 is 0 Å². The van der Waals surface area contributed by atoms with Crippen LogP contribution in [0.3, 0.4) is 0 Å². The van der Waals surface area contributed by atoms with Gasteiger partial charge in [0.15, 0.2) is 5.11 Å². The van der Waals surface area contributed by atoms with E-state index in [-0.39, 0.29) is 0 Å². The topological polar surface area (TPSA) is 44.3 Å². The van der Waals surface area contributed by atoms with E-state index in [1.165, 1.54) is 0 Å². The molecule has 0 amide bonds. The number of pyridine rings is 2. The quantitative estimate of drug-likeness (QED) is 0.873. The fourth-order valence-electron chi connectivity index (χ4n) is 2.69. The molecular formula is C17H21N5S. The predicted molar refractivity (Wildman–Crippen MR) is 96.2 cm³/mol. The summed E-state index contributed by atoms with van der Waals surface area (Å²) < 4.78 is 0. The smallest absolute Gasteiger partial charge is 0.173 e. The van der Waals surface area contributed by atoms with Crippen LogP contribution >= 0.6 is 12.2 Å². The van der Waals surface area contributed by atoms with Gasteiger partial charge >= 0.3 is 0 Å². The Kier molecular flexibility index (Phi) is 5.50. The standard InChI is InChI=1S/C17H21N5S/c23-17(20-15-6-3-7-18-13-15)22-10-4-9-21(11-12-22)14-16-5-1-2-8-19-16/h1-3,5-8,13H,4,9-12,14H2,(H,20,23). The zero-order valence-electron chi connectivity index (χ0n) is 13.1.